The molecule has 4 nitrogen and oxygen atoms in total. The van der Waals surface area contributed by atoms with Gasteiger partial charge in [-0.1, -0.05) is 0 Å². The highest BCUT2D eigenvalue weighted by Crippen LogP contribution is 2.20. The van der Waals surface area contributed by atoms with Crippen molar-refractivity contribution in [1.29, 1.82) is 0 Å². The van der Waals surface area contributed by atoms with E-state index in [1.54, 1.807) is 0 Å². The third-order valence-electron chi connectivity index (χ3n) is 4.02. The molecule has 0 aromatic heterocycles. The molecule has 130 valence electrons. The van der Waals surface area contributed by atoms with Crippen LogP contribution in [-0.2, 0) is 4.79 Å². The quantitative estimate of drug-likeness (QED) is 0.831. The molecule has 0 saturated carbocycles. The second kappa shape index (κ2) is 9.80. The highest BCUT2D eigenvalue weighted by atomic mass is 35.5. The SMILES string of the molecule is CNCCC1CCN(CC(=O)Nc2cc(F)cc(F)c2)CC1.Cl. The van der Waals surface area contributed by atoms with Crippen LogP contribution in [0.1, 0.15) is 19.3 Å². The Kier molecular flexibility index (Phi) is 8.44. The molecule has 1 aliphatic rings. The van der Waals surface area contributed by atoms with E-state index in [1.807, 2.05) is 7.05 Å². The van der Waals surface area contributed by atoms with E-state index >= 15 is 0 Å². The van der Waals surface area contributed by atoms with E-state index in [4.69, 9.17) is 0 Å². The van der Waals surface area contributed by atoms with Crippen LogP contribution in [0.25, 0.3) is 0 Å². The molecule has 2 N–H and O–H groups in total. The first kappa shape index (κ1) is 19.8. The highest BCUT2D eigenvalue weighted by molar-refractivity contribution is 5.92. The van der Waals surface area contributed by atoms with Crippen molar-refractivity contribution < 1.29 is 13.6 Å². The lowest BCUT2D eigenvalue weighted by Crippen LogP contribution is -2.39. The number of nitrogens with one attached hydrogen (secondary N) is 2. The van der Waals surface area contributed by atoms with Gasteiger partial charge in [-0.2, -0.15) is 0 Å². The molecule has 0 bridgehead atoms. The molecule has 1 aromatic carbocycles. The summed E-state index contributed by atoms with van der Waals surface area (Å²) in [5, 5.41) is 5.70. The average Bonchev–Trinajstić information content (AvgIpc) is 2.45. The summed E-state index contributed by atoms with van der Waals surface area (Å²) in [6.45, 7) is 3.06. The molecule has 1 amide bonds. The number of amides is 1. The van der Waals surface area contributed by atoms with Gasteiger partial charge in [0.2, 0.25) is 5.91 Å². The Morgan fingerprint density at radius 1 is 1.22 bits per heavy atom. The molecule has 1 aliphatic heterocycles. The topological polar surface area (TPSA) is 44.4 Å². The summed E-state index contributed by atoms with van der Waals surface area (Å²) in [7, 11) is 1.95. The summed E-state index contributed by atoms with van der Waals surface area (Å²) in [4.78, 5) is 14.0. The van der Waals surface area contributed by atoms with E-state index in [0.717, 1.165) is 50.7 Å². The summed E-state index contributed by atoms with van der Waals surface area (Å²) in [6.07, 6.45) is 3.34. The first-order chi connectivity index (χ1) is 10.6. The lowest BCUT2D eigenvalue weighted by atomic mass is 9.93. The number of piperidine rings is 1. The fraction of sp³-hybridized carbons (Fsp3) is 0.562. The minimum atomic E-state index is -0.694. The molecular weight excluding hydrogens is 324 g/mol. The van der Waals surface area contributed by atoms with Gasteiger partial charge >= 0.3 is 0 Å². The first-order valence-corrected chi connectivity index (χ1v) is 7.69. The maximum absolute atomic E-state index is 13.1. The monoisotopic (exact) mass is 347 g/mol. The van der Waals surface area contributed by atoms with E-state index in [1.165, 1.54) is 6.42 Å². The molecule has 1 aromatic rings. The molecule has 0 spiro atoms. The minimum absolute atomic E-state index is 0. The van der Waals surface area contributed by atoms with Gasteiger partial charge in [-0.15, -0.1) is 12.4 Å². The summed E-state index contributed by atoms with van der Waals surface area (Å²) < 4.78 is 26.1. The number of halogens is 3. The number of carbonyl (C=O) groups excluding carboxylic acids is 1. The van der Waals surface area contributed by atoms with Crippen molar-refractivity contribution in [2.75, 3.05) is 38.5 Å². The number of carbonyl (C=O) groups is 1. The normalized spacial score (nSPS) is 16.0. The molecular formula is C16H24ClF2N3O. The predicted molar refractivity (Wildman–Crippen MR) is 89.9 cm³/mol. The van der Waals surface area contributed by atoms with Gasteiger partial charge < -0.3 is 10.6 Å². The van der Waals surface area contributed by atoms with Gasteiger partial charge in [-0.25, -0.2) is 8.78 Å². The van der Waals surface area contributed by atoms with Crippen molar-refractivity contribution in [2.45, 2.75) is 19.3 Å². The molecule has 0 radical (unpaired) electrons. The Balaban J connectivity index is 0.00000264. The third-order valence-corrected chi connectivity index (χ3v) is 4.02. The lowest BCUT2D eigenvalue weighted by Gasteiger charge is -2.31. The molecule has 1 saturated heterocycles. The third kappa shape index (κ3) is 6.81. The molecule has 0 unspecified atom stereocenters. The Morgan fingerprint density at radius 2 is 1.83 bits per heavy atom. The number of rotatable bonds is 6. The van der Waals surface area contributed by atoms with Crippen LogP contribution < -0.4 is 10.6 Å². The fourth-order valence-electron chi connectivity index (χ4n) is 2.81. The number of anilines is 1. The van der Waals surface area contributed by atoms with Gasteiger partial charge in [0.05, 0.1) is 6.54 Å². The Bertz CT molecular complexity index is 488. The molecule has 2 rings (SSSR count). The smallest absolute Gasteiger partial charge is 0.238 e. The standard InChI is InChI=1S/C16H23F2N3O.ClH/c1-19-5-2-12-3-6-21(7-4-12)11-16(22)20-15-9-13(17)8-14(18)10-15;/h8-10,12,19H,2-7,11H2,1H3,(H,20,22);1H. The largest absolute Gasteiger partial charge is 0.325 e. The van der Waals surface area contributed by atoms with E-state index in [9.17, 15) is 13.6 Å². The molecule has 0 atom stereocenters. The Morgan fingerprint density at radius 3 is 2.39 bits per heavy atom. The van der Waals surface area contributed by atoms with E-state index in [2.05, 4.69) is 15.5 Å². The lowest BCUT2D eigenvalue weighted by molar-refractivity contribution is -0.117. The number of hydrogen-bond donors (Lipinski definition) is 2. The zero-order valence-electron chi connectivity index (χ0n) is 13.3. The summed E-state index contributed by atoms with van der Waals surface area (Å²) >= 11 is 0. The van der Waals surface area contributed by atoms with E-state index in [0.29, 0.717) is 5.92 Å². The maximum atomic E-state index is 13.1. The maximum Gasteiger partial charge on any atom is 0.238 e. The van der Waals surface area contributed by atoms with Crippen LogP contribution in [0.2, 0.25) is 0 Å². The summed E-state index contributed by atoms with van der Waals surface area (Å²) in [6, 6.07) is 3.02. The van der Waals surface area contributed by atoms with E-state index < -0.39 is 11.6 Å². The van der Waals surface area contributed by atoms with Gasteiger partial charge in [-0.3, -0.25) is 9.69 Å². The number of benzene rings is 1. The predicted octanol–water partition coefficient (Wildman–Crippen LogP) is 2.65. The fourth-order valence-corrected chi connectivity index (χ4v) is 2.81. The summed E-state index contributed by atoms with van der Waals surface area (Å²) in [5.41, 5.74) is 0.159. The zero-order chi connectivity index (χ0) is 15.9. The van der Waals surface area contributed by atoms with Crippen LogP contribution in [0.3, 0.4) is 0 Å². The van der Waals surface area contributed by atoms with Crippen molar-refractivity contribution in [3.05, 3.63) is 29.8 Å². The first-order valence-electron chi connectivity index (χ1n) is 7.69. The molecule has 1 heterocycles. The summed E-state index contributed by atoms with van der Waals surface area (Å²) in [5.74, 6) is -0.913. The van der Waals surface area contributed by atoms with Gasteiger partial charge in [-0.05, 0) is 64.0 Å². The molecule has 0 aliphatic carbocycles. The highest BCUT2D eigenvalue weighted by Gasteiger charge is 2.20. The van der Waals surface area contributed by atoms with Crippen LogP contribution in [0, 0.1) is 17.6 Å². The molecule has 7 heteroatoms. The van der Waals surface area contributed by atoms with Crippen molar-refractivity contribution >= 4 is 24.0 Å². The van der Waals surface area contributed by atoms with E-state index in [-0.39, 0.29) is 30.5 Å². The van der Waals surface area contributed by atoms with Crippen LogP contribution in [0.15, 0.2) is 18.2 Å². The zero-order valence-corrected chi connectivity index (χ0v) is 14.1. The van der Waals surface area contributed by atoms with Gasteiger partial charge in [0, 0.05) is 11.8 Å². The number of hydrogen-bond acceptors (Lipinski definition) is 3. The number of nitrogens with zero attached hydrogens (tertiary/aromatic N) is 1. The van der Waals surface area contributed by atoms with Crippen LogP contribution >= 0.6 is 12.4 Å². The van der Waals surface area contributed by atoms with Crippen molar-refractivity contribution in [1.82, 2.24) is 10.2 Å². The van der Waals surface area contributed by atoms with Crippen LogP contribution in [0.5, 0.6) is 0 Å². The Labute approximate surface area is 142 Å². The van der Waals surface area contributed by atoms with Gasteiger partial charge in [0.25, 0.3) is 0 Å². The molecule has 23 heavy (non-hydrogen) atoms. The van der Waals surface area contributed by atoms with Crippen molar-refractivity contribution in [3.63, 3.8) is 0 Å². The second-order valence-electron chi connectivity index (χ2n) is 5.82. The Hall–Kier alpha value is -1.24. The van der Waals surface area contributed by atoms with Crippen LogP contribution in [0.4, 0.5) is 14.5 Å². The van der Waals surface area contributed by atoms with Crippen LogP contribution in [-0.4, -0.2) is 44.0 Å². The van der Waals surface area contributed by atoms with Gasteiger partial charge in [0.1, 0.15) is 11.6 Å². The second-order valence-corrected chi connectivity index (χ2v) is 5.82. The van der Waals surface area contributed by atoms with Gasteiger partial charge in [0.15, 0.2) is 0 Å². The average molecular weight is 348 g/mol. The van der Waals surface area contributed by atoms with Crippen molar-refractivity contribution in [3.8, 4) is 0 Å². The molecule has 1 fully saturated rings. The minimum Gasteiger partial charge on any atom is -0.325 e. The van der Waals surface area contributed by atoms with Crippen molar-refractivity contribution in [2.24, 2.45) is 5.92 Å². The number of likely N-dealkylation sites (tertiary alicyclic amines) is 1.